The van der Waals surface area contributed by atoms with E-state index in [0.29, 0.717) is 6.42 Å². The Morgan fingerprint density at radius 1 is 1.14 bits per heavy atom. The van der Waals surface area contributed by atoms with E-state index in [4.69, 9.17) is 5.11 Å². The summed E-state index contributed by atoms with van der Waals surface area (Å²) in [5.74, 6) is 0. The molecule has 2 N–H and O–H groups in total. The Balaban J connectivity index is 3.26. The molecule has 0 aliphatic heterocycles. The third kappa shape index (κ3) is 9.33. The molecule has 0 spiro atoms. The molecule has 2 heteroatoms. The van der Waals surface area contributed by atoms with E-state index in [9.17, 15) is 5.11 Å². The highest BCUT2D eigenvalue weighted by atomic mass is 16.3. The van der Waals surface area contributed by atoms with Gasteiger partial charge in [-0.1, -0.05) is 38.3 Å². The van der Waals surface area contributed by atoms with Gasteiger partial charge >= 0.3 is 0 Å². The molecule has 0 saturated heterocycles. The fraction of sp³-hybridized carbons (Fsp3) is 0.667. The summed E-state index contributed by atoms with van der Waals surface area (Å²) in [6.45, 7) is 2.20. The number of unbranched alkanes of at least 4 members (excludes halogenated alkanes) is 4. The van der Waals surface area contributed by atoms with Crippen LogP contribution in [0.15, 0.2) is 24.5 Å². The van der Waals surface area contributed by atoms with Crippen LogP contribution in [0, 0.1) is 0 Å². The number of allylic oxidation sites excluding steroid dienone is 1. The zero-order valence-electron chi connectivity index (χ0n) is 9.02. The average Bonchev–Trinajstić information content (AvgIpc) is 2.17. The molecule has 0 unspecified atom stereocenters. The van der Waals surface area contributed by atoms with Crippen LogP contribution in [0.3, 0.4) is 0 Å². The number of hydrogen-bond acceptors (Lipinski definition) is 2. The van der Waals surface area contributed by atoms with Crippen LogP contribution in [0.5, 0.6) is 0 Å². The van der Waals surface area contributed by atoms with Gasteiger partial charge in [0.15, 0.2) is 0 Å². The van der Waals surface area contributed by atoms with E-state index >= 15 is 0 Å². The fourth-order valence-corrected chi connectivity index (χ4v) is 1.22. The molecular formula is C12H22O2. The standard InChI is InChI=1S/C12H22O2/c1-2-3-4-5-6-7-8-9-12(14)10-11-13/h7-8,10-14H,2-6,9H2,1H3/b8-7?,11-10-/t12-/m1/s1. The first-order valence-electron chi connectivity index (χ1n) is 5.45. The molecule has 0 fully saturated rings. The first kappa shape index (κ1) is 13.2. The van der Waals surface area contributed by atoms with Gasteiger partial charge in [0.05, 0.1) is 12.4 Å². The lowest BCUT2D eigenvalue weighted by Gasteiger charge is -1.98. The van der Waals surface area contributed by atoms with Crippen molar-refractivity contribution in [2.24, 2.45) is 0 Å². The van der Waals surface area contributed by atoms with Crippen molar-refractivity contribution in [2.45, 2.75) is 51.6 Å². The van der Waals surface area contributed by atoms with Gasteiger partial charge in [-0.05, 0) is 25.3 Å². The lowest BCUT2D eigenvalue weighted by Crippen LogP contribution is -1.98. The van der Waals surface area contributed by atoms with Gasteiger partial charge in [-0.25, -0.2) is 0 Å². The lowest BCUT2D eigenvalue weighted by atomic mass is 10.1. The van der Waals surface area contributed by atoms with Crippen molar-refractivity contribution in [3.8, 4) is 0 Å². The van der Waals surface area contributed by atoms with Crippen LogP contribution in [0.1, 0.15) is 45.4 Å². The van der Waals surface area contributed by atoms with Crippen LogP contribution in [-0.2, 0) is 0 Å². The molecule has 0 aromatic carbocycles. The Morgan fingerprint density at radius 2 is 1.93 bits per heavy atom. The molecule has 0 heterocycles. The Labute approximate surface area is 87.0 Å². The quantitative estimate of drug-likeness (QED) is 0.357. The summed E-state index contributed by atoms with van der Waals surface area (Å²) < 4.78 is 0. The molecule has 0 amide bonds. The van der Waals surface area contributed by atoms with E-state index in [0.717, 1.165) is 12.7 Å². The Morgan fingerprint density at radius 3 is 2.57 bits per heavy atom. The molecule has 14 heavy (non-hydrogen) atoms. The second-order valence-electron chi connectivity index (χ2n) is 3.47. The first-order valence-corrected chi connectivity index (χ1v) is 5.45. The topological polar surface area (TPSA) is 40.5 Å². The van der Waals surface area contributed by atoms with Crippen LogP contribution in [-0.4, -0.2) is 16.3 Å². The fourth-order valence-electron chi connectivity index (χ4n) is 1.22. The normalized spacial score (nSPS) is 14.1. The SMILES string of the molecule is CCCCCCC=CC[C@@H](O)/C=C\O. The van der Waals surface area contributed by atoms with Gasteiger partial charge in [0.25, 0.3) is 0 Å². The minimum atomic E-state index is -0.549. The first-order chi connectivity index (χ1) is 6.81. The van der Waals surface area contributed by atoms with Crippen molar-refractivity contribution in [1.82, 2.24) is 0 Å². The summed E-state index contributed by atoms with van der Waals surface area (Å²) in [6.07, 6.45) is 12.6. The van der Waals surface area contributed by atoms with Crippen LogP contribution in [0.25, 0.3) is 0 Å². The molecule has 0 bridgehead atoms. The largest absolute Gasteiger partial charge is 0.516 e. The van der Waals surface area contributed by atoms with E-state index < -0.39 is 6.10 Å². The van der Waals surface area contributed by atoms with Gasteiger partial charge in [0, 0.05) is 0 Å². The molecule has 0 aliphatic carbocycles. The molecule has 0 saturated carbocycles. The van der Waals surface area contributed by atoms with Crippen molar-refractivity contribution < 1.29 is 10.2 Å². The molecular weight excluding hydrogens is 176 g/mol. The Kier molecular flexibility index (Phi) is 9.76. The summed E-state index contributed by atoms with van der Waals surface area (Å²) >= 11 is 0. The van der Waals surface area contributed by atoms with Gasteiger partial charge in [0.2, 0.25) is 0 Å². The van der Waals surface area contributed by atoms with Gasteiger partial charge in [0.1, 0.15) is 0 Å². The number of rotatable bonds is 8. The van der Waals surface area contributed by atoms with Crippen LogP contribution in [0.4, 0.5) is 0 Å². The van der Waals surface area contributed by atoms with Crippen molar-refractivity contribution in [3.05, 3.63) is 24.5 Å². The van der Waals surface area contributed by atoms with Gasteiger partial charge in [-0.3, -0.25) is 0 Å². The maximum absolute atomic E-state index is 9.19. The molecule has 0 rings (SSSR count). The molecule has 0 radical (unpaired) electrons. The highest BCUT2D eigenvalue weighted by Gasteiger charge is 1.93. The highest BCUT2D eigenvalue weighted by molar-refractivity contribution is 4.91. The lowest BCUT2D eigenvalue weighted by molar-refractivity contribution is 0.223. The summed E-state index contributed by atoms with van der Waals surface area (Å²) in [5, 5.41) is 17.6. The third-order valence-corrected chi connectivity index (χ3v) is 2.08. The maximum atomic E-state index is 9.19. The van der Waals surface area contributed by atoms with E-state index in [1.165, 1.54) is 31.8 Å². The maximum Gasteiger partial charge on any atom is 0.0787 e. The van der Waals surface area contributed by atoms with Crippen molar-refractivity contribution in [1.29, 1.82) is 0 Å². The number of aliphatic hydroxyl groups excluding tert-OH is 2. The van der Waals surface area contributed by atoms with Crippen molar-refractivity contribution >= 4 is 0 Å². The second kappa shape index (κ2) is 10.3. The molecule has 0 aliphatic rings. The van der Waals surface area contributed by atoms with Crippen LogP contribution < -0.4 is 0 Å². The molecule has 2 nitrogen and oxygen atoms in total. The van der Waals surface area contributed by atoms with Crippen molar-refractivity contribution in [2.75, 3.05) is 0 Å². The van der Waals surface area contributed by atoms with Crippen LogP contribution in [0.2, 0.25) is 0 Å². The molecule has 0 aromatic rings. The predicted molar refractivity (Wildman–Crippen MR) is 60.3 cm³/mol. The minimum absolute atomic E-state index is 0.549. The Hall–Kier alpha value is -0.760. The van der Waals surface area contributed by atoms with Gasteiger partial charge in [-0.15, -0.1) is 0 Å². The predicted octanol–water partition coefficient (Wildman–Crippen LogP) is 3.34. The zero-order valence-corrected chi connectivity index (χ0v) is 9.02. The van der Waals surface area contributed by atoms with E-state index in [2.05, 4.69) is 13.0 Å². The molecule has 1 atom stereocenters. The van der Waals surface area contributed by atoms with E-state index in [1.807, 2.05) is 6.08 Å². The van der Waals surface area contributed by atoms with Crippen molar-refractivity contribution in [3.63, 3.8) is 0 Å². The molecule has 82 valence electrons. The zero-order chi connectivity index (χ0) is 10.6. The third-order valence-electron chi connectivity index (χ3n) is 2.08. The number of hydrogen-bond donors (Lipinski definition) is 2. The van der Waals surface area contributed by atoms with E-state index in [-0.39, 0.29) is 0 Å². The van der Waals surface area contributed by atoms with Crippen LogP contribution >= 0.6 is 0 Å². The summed E-state index contributed by atoms with van der Waals surface area (Å²) in [7, 11) is 0. The monoisotopic (exact) mass is 198 g/mol. The summed E-state index contributed by atoms with van der Waals surface area (Å²) in [6, 6.07) is 0. The molecule has 0 aromatic heterocycles. The van der Waals surface area contributed by atoms with Gasteiger partial charge in [-0.2, -0.15) is 0 Å². The number of aliphatic hydroxyl groups is 2. The summed E-state index contributed by atoms with van der Waals surface area (Å²) in [4.78, 5) is 0. The van der Waals surface area contributed by atoms with E-state index in [1.54, 1.807) is 0 Å². The minimum Gasteiger partial charge on any atom is -0.516 e. The summed E-state index contributed by atoms with van der Waals surface area (Å²) in [5.41, 5.74) is 0. The second-order valence-corrected chi connectivity index (χ2v) is 3.47. The Bertz CT molecular complexity index is 162. The van der Waals surface area contributed by atoms with Gasteiger partial charge < -0.3 is 10.2 Å². The smallest absolute Gasteiger partial charge is 0.0787 e. The highest BCUT2D eigenvalue weighted by Crippen LogP contribution is 2.04. The average molecular weight is 198 g/mol.